The van der Waals surface area contributed by atoms with Gasteiger partial charge in [0.1, 0.15) is 12.4 Å². The highest BCUT2D eigenvalue weighted by molar-refractivity contribution is 5.20. The third kappa shape index (κ3) is 1.81. The number of hydrogen-bond donors (Lipinski definition) is 0. The van der Waals surface area contributed by atoms with Crippen molar-refractivity contribution in [1.29, 1.82) is 0 Å². The summed E-state index contributed by atoms with van der Waals surface area (Å²) in [5, 5.41) is 0. The molecule has 0 aliphatic carbocycles. The van der Waals surface area contributed by atoms with Gasteiger partial charge in [-0.05, 0) is 17.7 Å². The summed E-state index contributed by atoms with van der Waals surface area (Å²) in [6.45, 7) is 1.49. The molecule has 10 heavy (non-hydrogen) atoms. The number of rotatable bonds is 2. The molecule has 0 amide bonds. The van der Waals surface area contributed by atoms with Gasteiger partial charge in [-0.25, -0.2) is 4.39 Å². The molecule has 0 aromatic heterocycles. The summed E-state index contributed by atoms with van der Waals surface area (Å²) in [7, 11) is 1.53. The molecule has 0 unspecified atom stereocenters. The van der Waals surface area contributed by atoms with Crippen LogP contribution in [0.4, 0.5) is 4.39 Å². The summed E-state index contributed by atoms with van der Waals surface area (Å²) >= 11 is 0. The average molecular weight is 139 g/mol. The zero-order chi connectivity index (χ0) is 7.40. The van der Waals surface area contributed by atoms with Gasteiger partial charge in [0.2, 0.25) is 0 Å². The lowest BCUT2D eigenvalue weighted by atomic mass is 10.2. The number of methoxy groups -OCH3 is 1. The first-order valence-corrected chi connectivity index (χ1v) is 2.94. The van der Waals surface area contributed by atoms with Gasteiger partial charge in [-0.2, -0.15) is 0 Å². The van der Waals surface area contributed by atoms with Crippen LogP contribution in [0.3, 0.4) is 0 Å². The van der Waals surface area contributed by atoms with Crippen molar-refractivity contribution < 1.29 is 9.13 Å². The Kier molecular flexibility index (Phi) is 2.40. The molecule has 0 heterocycles. The maximum atomic E-state index is 12.4. The van der Waals surface area contributed by atoms with Crippen molar-refractivity contribution in [3.63, 3.8) is 0 Å². The van der Waals surface area contributed by atoms with Crippen LogP contribution >= 0.6 is 0 Å². The van der Waals surface area contributed by atoms with Crippen LogP contribution in [0.2, 0.25) is 0 Å². The molecule has 0 fully saturated rings. The van der Waals surface area contributed by atoms with E-state index in [1.807, 2.05) is 0 Å². The molecular weight excluding hydrogens is 131 g/mol. The zero-order valence-corrected chi connectivity index (χ0v) is 5.67. The Hall–Kier alpha value is -0.890. The quantitative estimate of drug-likeness (QED) is 0.608. The standard InChI is InChI=1S/C8H8FO/c1-10-6-7-3-2-4-8(9)5-7/h2-6H,1H3. The van der Waals surface area contributed by atoms with Crippen LogP contribution in [0, 0.1) is 12.4 Å². The van der Waals surface area contributed by atoms with Crippen LogP contribution in [0.5, 0.6) is 0 Å². The van der Waals surface area contributed by atoms with Gasteiger partial charge in [-0.15, -0.1) is 0 Å². The van der Waals surface area contributed by atoms with Gasteiger partial charge in [-0.3, -0.25) is 0 Å². The number of ether oxygens (including phenoxy) is 1. The van der Waals surface area contributed by atoms with Crippen molar-refractivity contribution in [1.82, 2.24) is 0 Å². The lowest BCUT2D eigenvalue weighted by Gasteiger charge is -1.96. The van der Waals surface area contributed by atoms with Crippen molar-refractivity contribution in [2.45, 2.75) is 0 Å². The third-order valence-corrected chi connectivity index (χ3v) is 1.10. The summed E-state index contributed by atoms with van der Waals surface area (Å²) in [5.41, 5.74) is 0.738. The van der Waals surface area contributed by atoms with E-state index in [1.54, 1.807) is 12.1 Å². The highest BCUT2D eigenvalue weighted by atomic mass is 19.1. The molecule has 1 aromatic carbocycles. The van der Waals surface area contributed by atoms with Gasteiger partial charge in [-0.1, -0.05) is 12.1 Å². The number of benzene rings is 1. The van der Waals surface area contributed by atoms with Crippen LogP contribution in [-0.4, -0.2) is 7.11 Å². The Bertz CT molecular complexity index is 210. The van der Waals surface area contributed by atoms with Crippen molar-refractivity contribution >= 4 is 0 Å². The first kappa shape index (κ1) is 7.22. The Balaban J connectivity index is 2.75. The lowest BCUT2D eigenvalue weighted by molar-refractivity contribution is 0.292. The van der Waals surface area contributed by atoms with Crippen LogP contribution in [0.25, 0.3) is 0 Å². The fraction of sp³-hybridized carbons (Fsp3) is 0.125. The molecule has 1 radical (unpaired) electrons. The van der Waals surface area contributed by atoms with Crippen molar-refractivity contribution in [3.8, 4) is 0 Å². The summed E-state index contributed by atoms with van der Waals surface area (Å²) in [4.78, 5) is 0. The van der Waals surface area contributed by atoms with E-state index in [9.17, 15) is 4.39 Å². The molecule has 2 heteroatoms. The van der Waals surface area contributed by atoms with Crippen LogP contribution in [-0.2, 0) is 4.74 Å². The molecule has 0 aliphatic rings. The maximum absolute atomic E-state index is 12.4. The third-order valence-electron chi connectivity index (χ3n) is 1.10. The van der Waals surface area contributed by atoms with Crippen molar-refractivity contribution in [3.05, 3.63) is 42.3 Å². The van der Waals surface area contributed by atoms with E-state index in [0.29, 0.717) is 0 Å². The minimum absolute atomic E-state index is 0.245. The molecule has 0 N–H and O–H groups in total. The predicted molar refractivity (Wildman–Crippen MR) is 36.8 cm³/mol. The van der Waals surface area contributed by atoms with Gasteiger partial charge in [0.05, 0.1) is 0 Å². The second-order valence-corrected chi connectivity index (χ2v) is 1.91. The van der Waals surface area contributed by atoms with Gasteiger partial charge in [0.15, 0.2) is 0 Å². The molecular formula is C8H8FO. The molecule has 0 aliphatic heterocycles. The Morgan fingerprint density at radius 2 is 2.30 bits per heavy atom. The summed E-state index contributed by atoms with van der Waals surface area (Å²) in [6, 6.07) is 6.21. The largest absolute Gasteiger partial charge is 0.374 e. The average Bonchev–Trinajstić information content (AvgIpc) is 1.88. The van der Waals surface area contributed by atoms with E-state index in [1.165, 1.54) is 25.8 Å². The first-order chi connectivity index (χ1) is 4.83. The molecule has 0 bridgehead atoms. The monoisotopic (exact) mass is 139 g/mol. The molecule has 0 atom stereocenters. The SMILES string of the molecule is CO[CH]c1cccc(F)c1. The van der Waals surface area contributed by atoms with Gasteiger partial charge >= 0.3 is 0 Å². The smallest absolute Gasteiger partial charge is 0.123 e. The molecule has 53 valence electrons. The molecule has 1 nitrogen and oxygen atoms in total. The fourth-order valence-electron chi connectivity index (χ4n) is 0.716. The Labute approximate surface area is 59.4 Å². The Morgan fingerprint density at radius 3 is 2.90 bits per heavy atom. The maximum Gasteiger partial charge on any atom is 0.123 e. The molecule has 1 aromatic rings. The van der Waals surface area contributed by atoms with Crippen molar-refractivity contribution in [2.24, 2.45) is 0 Å². The summed E-state index contributed by atoms with van der Waals surface area (Å²) in [6.07, 6.45) is 0. The van der Waals surface area contributed by atoms with Crippen LogP contribution < -0.4 is 0 Å². The molecule has 1 rings (SSSR count). The topological polar surface area (TPSA) is 9.23 Å². The van der Waals surface area contributed by atoms with Gasteiger partial charge < -0.3 is 4.74 Å². The van der Waals surface area contributed by atoms with E-state index < -0.39 is 0 Å². The van der Waals surface area contributed by atoms with Crippen molar-refractivity contribution in [2.75, 3.05) is 7.11 Å². The van der Waals surface area contributed by atoms with E-state index >= 15 is 0 Å². The van der Waals surface area contributed by atoms with Crippen LogP contribution in [0.15, 0.2) is 24.3 Å². The summed E-state index contributed by atoms with van der Waals surface area (Å²) < 4.78 is 17.1. The van der Waals surface area contributed by atoms with E-state index in [-0.39, 0.29) is 5.82 Å². The predicted octanol–water partition coefficient (Wildman–Crippen LogP) is 1.98. The zero-order valence-electron chi connectivity index (χ0n) is 5.67. The number of hydrogen-bond acceptors (Lipinski definition) is 1. The lowest BCUT2D eigenvalue weighted by Crippen LogP contribution is -1.84. The minimum Gasteiger partial charge on any atom is -0.374 e. The first-order valence-electron chi connectivity index (χ1n) is 2.94. The molecule has 0 spiro atoms. The molecule has 0 saturated carbocycles. The van der Waals surface area contributed by atoms with Gasteiger partial charge in [0.25, 0.3) is 0 Å². The Morgan fingerprint density at radius 1 is 1.50 bits per heavy atom. The fourth-order valence-corrected chi connectivity index (χ4v) is 0.716. The number of halogens is 1. The highest BCUT2D eigenvalue weighted by Crippen LogP contribution is 2.05. The van der Waals surface area contributed by atoms with E-state index in [4.69, 9.17) is 4.74 Å². The normalized spacial score (nSPS) is 9.80. The highest BCUT2D eigenvalue weighted by Gasteiger charge is 1.92. The molecule has 0 saturated heterocycles. The minimum atomic E-state index is -0.245. The van der Waals surface area contributed by atoms with Crippen LogP contribution in [0.1, 0.15) is 5.56 Å². The van der Waals surface area contributed by atoms with E-state index in [2.05, 4.69) is 0 Å². The summed E-state index contributed by atoms with van der Waals surface area (Å²) in [5.74, 6) is -0.245. The second-order valence-electron chi connectivity index (χ2n) is 1.91. The van der Waals surface area contributed by atoms with Gasteiger partial charge in [0, 0.05) is 7.11 Å². The van der Waals surface area contributed by atoms with E-state index in [0.717, 1.165) is 5.56 Å². The second kappa shape index (κ2) is 3.32.